The Labute approximate surface area is 109 Å². The Balaban J connectivity index is 2.02. The second kappa shape index (κ2) is 5.75. The van der Waals surface area contributed by atoms with Gasteiger partial charge in [0.15, 0.2) is 0 Å². The van der Waals surface area contributed by atoms with Crippen molar-refractivity contribution in [2.75, 3.05) is 12.4 Å². The lowest BCUT2D eigenvalue weighted by atomic mass is 10.2. The van der Waals surface area contributed by atoms with Crippen molar-refractivity contribution in [1.29, 1.82) is 0 Å². The van der Waals surface area contributed by atoms with Gasteiger partial charge in [0.2, 0.25) is 5.89 Å². The number of nitrogens with one attached hydrogen (secondary N) is 2. The summed E-state index contributed by atoms with van der Waals surface area (Å²) in [5.74, 6) is -0.560. The van der Waals surface area contributed by atoms with Crippen LogP contribution in [0.25, 0.3) is 0 Å². The summed E-state index contributed by atoms with van der Waals surface area (Å²) in [5.41, 5.74) is 0.196. The first-order chi connectivity index (χ1) is 9.10. The standard InChI is InChI=1S/C12H14F2N4O/c1-7(15-2)11-17-18-12(19-11)16-6-8-5-9(13)3-4-10(8)14/h3-5,7,15H,6H2,1-2H3,(H,16,18). The number of anilines is 1. The van der Waals surface area contributed by atoms with E-state index in [4.69, 9.17) is 4.42 Å². The quantitative estimate of drug-likeness (QED) is 0.870. The normalized spacial score (nSPS) is 12.4. The molecule has 0 spiro atoms. The molecule has 19 heavy (non-hydrogen) atoms. The van der Waals surface area contributed by atoms with Gasteiger partial charge in [-0.15, -0.1) is 5.10 Å². The molecule has 0 aliphatic carbocycles. The van der Waals surface area contributed by atoms with Gasteiger partial charge in [0.25, 0.3) is 0 Å². The molecular formula is C12H14F2N4O. The third-order valence-corrected chi connectivity index (χ3v) is 2.68. The van der Waals surface area contributed by atoms with E-state index >= 15 is 0 Å². The van der Waals surface area contributed by atoms with E-state index in [1.54, 1.807) is 7.05 Å². The second-order valence-corrected chi connectivity index (χ2v) is 4.05. The summed E-state index contributed by atoms with van der Waals surface area (Å²) in [7, 11) is 1.77. The van der Waals surface area contributed by atoms with Gasteiger partial charge in [-0.2, -0.15) is 0 Å². The molecule has 5 nitrogen and oxygen atoms in total. The average Bonchev–Trinajstić information content (AvgIpc) is 2.88. The molecule has 1 aromatic heterocycles. The van der Waals surface area contributed by atoms with Crippen molar-refractivity contribution >= 4 is 6.01 Å². The molecule has 2 rings (SSSR count). The van der Waals surface area contributed by atoms with E-state index in [-0.39, 0.29) is 24.2 Å². The minimum Gasteiger partial charge on any atom is -0.406 e. The van der Waals surface area contributed by atoms with Crippen LogP contribution in [0.4, 0.5) is 14.8 Å². The molecule has 0 aliphatic rings. The Morgan fingerprint density at radius 1 is 1.32 bits per heavy atom. The number of hydrogen-bond donors (Lipinski definition) is 2. The molecule has 1 unspecified atom stereocenters. The van der Waals surface area contributed by atoms with Crippen molar-refractivity contribution in [1.82, 2.24) is 15.5 Å². The molecule has 0 fully saturated rings. The molecule has 0 saturated heterocycles. The number of aromatic nitrogens is 2. The van der Waals surface area contributed by atoms with E-state index < -0.39 is 11.6 Å². The van der Waals surface area contributed by atoms with Crippen molar-refractivity contribution in [2.24, 2.45) is 0 Å². The van der Waals surface area contributed by atoms with E-state index in [2.05, 4.69) is 20.8 Å². The molecule has 0 bridgehead atoms. The zero-order chi connectivity index (χ0) is 13.8. The SMILES string of the molecule is CNC(C)c1nnc(NCc2cc(F)ccc2F)o1. The number of halogens is 2. The average molecular weight is 268 g/mol. The first kappa shape index (κ1) is 13.4. The first-order valence-electron chi connectivity index (χ1n) is 5.78. The predicted octanol–water partition coefficient (Wildman–Crippen LogP) is 2.24. The second-order valence-electron chi connectivity index (χ2n) is 4.05. The molecule has 0 radical (unpaired) electrons. The number of nitrogens with zero attached hydrogens (tertiary/aromatic N) is 2. The highest BCUT2D eigenvalue weighted by molar-refractivity contribution is 5.25. The van der Waals surface area contributed by atoms with Crippen molar-refractivity contribution in [2.45, 2.75) is 19.5 Å². The molecule has 0 saturated carbocycles. The van der Waals surface area contributed by atoms with E-state index in [0.717, 1.165) is 18.2 Å². The maximum Gasteiger partial charge on any atom is 0.315 e. The van der Waals surface area contributed by atoms with Gasteiger partial charge in [-0.3, -0.25) is 0 Å². The lowest BCUT2D eigenvalue weighted by Gasteiger charge is -2.04. The number of hydrogen-bond acceptors (Lipinski definition) is 5. The van der Waals surface area contributed by atoms with Crippen LogP contribution >= 0.6 is 0 Å². The van der Waals surface area contributed by atoms with Gasteiger partial charge >= 0.3 is 6.01 Å². The molecule has 7 heteroatoms. The van der Waals surface area contributed by atoms with Crippen molar-refractivity contribution in [3.05, 3.63) is 41.3 Å². The summed E-state index contributed by atoms with van der Waals surface area (Å²) in [6.07, 6.45) is 0. The minimum atomic E-state index is -0.492. The lowest BCUT2D eigenvalue weighted by molar-refractivity contribution is 0.441. The summed E-state index contributed by atoms with van der Waals surface area (Å²) < 4.78 is 31.7. The molecule has 1 heterocycles. The maximum atomic E-state index is 13.4. The van der Waals surface area contributed by atoms with Gasteiger partial charge in [-0.05, 0) is 32.2 Å². The summed E-state index contributed by atoms with van der Waals surface area (Å²) >= 11 is 0. The van der Waals surface area contributed by atoms with Crippen molar-refractivity contribution < 1.29 is 13.2 Å². The summed E-state index contributed by atoms with van der Waals surface area (Å²) in [6, 6.07) is 3.36. The summed E-state index contributed by atoms with van der Waals surface area (Å²) in [4.78, 5) is 0. The predicted molar refractivity (Wildman–Crippen MR) is 65.5 cm³/mol. The Morgan fingerprint density at radius 2 is 2.11 bits per heavy atom. The van der Waals surface area contributed by atoms with Crippen LogP contribution in [0.15, 0.2) is 22.6 Å². The van der Waals surface area contributed by atoms with E-state index in [1.807, 2.05) is 6.92 Å². The van der Waals surface area contributed by atoms with Crippen LogP contribution in [0.2, 0.25) is 0 Å². The smallest absolute Gasteiger partial charge is 0.315 e. The van der Waals surface area contributed by atoms with E-state index in [1.165, 1.54) is 0 Å². The Morgan fingerprint density at radius 3 is 2.84 bits per heavy atom. The number of rotatable bonds is 5. The summed E-state index contributed by atoms with van der Waals surface area (Å²) in [5, 5.41) is 13.3. The molecule has 1 aromatic carbocycles. The van der Waals surface area contributed by atoms with Crippen LogP contribution in [0, 0.1) is 11.6 Å². The molecule has 0 aliphatic heterocycles. The Bertz CT molecular complexity index is 558. The third-order valence-electron chi connectivity index (χ3n) is 2.68. The topological polar surface area (TPSA) is 63.0 Å². The van der Waals surface area contributed by atoms with Crippen LogP contribution in [0.3, 0.4) is 0 Å². The van der Waals surface area contributed by atoms with Gasteiger partial charge in [-0.25, -0.2) is 8.78 Å². The molecule has 1 atom stereocenters. The van der Waals surface area contributed by atoms with Gasteiger partial charge in [0.1, 0.15) is 11.6 Å². The highest BCUT2D eigenvalue weighted by atomic mass is 19.1. The van der Waals surface area contributed by atoms with Crippen LogP contribution in [-0.2, 0) is 6.54 Å². The monoisotopic (exact) mass is 268 g/mol. The fraction of sp³-hybridized carbons (Fsp3) is 0.333. The van der Waals surface area contributed by atoms with Crippen LogP contribution in [-0.4, -0.2) is 17.2 Å². The van der Waals surface area contributed by atoms with Crippen LogP contribution in [0.1, 0.15) is 24.4 Å². The first-order valence-corrected chi connectivity index (χ1v) is 5.78. The molecule has 2 aromatic rings. The lowest BCUT2D eigenvalue weighted by Crippen LogP contribution is -2.12. The Kier molecular flexibility index (Phi) is 4.06. The zero-order valence-electron chi connectivity index (χ0n) is 10.6. The highest BCUT2D eigenvalue weighted by Gasteiger charge is 2.12. The van der Waals surface area contributed by atoms with Gasteiger partial charge in [0, 0.05) is 12.1 Å². The van der Waals surface area contributed by atoms with Gasteiger partial charge < -0.3 is 15.1 Å². The van der Waals surface area contributed by atoms with E-state index in [0.29, 0.717) is 5.89 Å². The van der Waals surface area contributed by atoms with Crippen molar-refractivity contribution in [3.63, 3.8) is 0 Å². The van der Waals surface area contributed by atoms with Gasteiger partial charge in [-0.1, -0.05) is 5.10 Å². The number of benzene rings is 1. The summed E-state index contributed by atoms with van der Waals surface area (Å²) in [6.45, 7) is 1.93. The maximum absolute atomic E-state index is 13.4. The highest BCUT2D eigenvalue weighted by Crippen LogP contribution is 2.15. The third kappa shape index (κ3) is 3.25. The fourth-order valence-corrected chi connectivity index (χ4v) is 1.45. The van der Waals surface area contributed by atoms with Gasteiger partial charge in [0.05, 0.1) is 6.04 Å². The molecule has 2 N–H and O–H groups in total. The van der Waals surface area contributed by atoms with Crippen LogP contribution < -0.4 is 10.6 Å². The zero-order valence-corrected chi connectivity index (χ0v) is 10.6. The Hall–Kier alpha value is -2.02. The van der Waals surface area contributed by atoms with Crippen molar-refractivity contribution in [3.8, 4) is 0 Å². The molecule has 0 amide bonds. The largest absolute Gasteiger partial charge is 0.406 e. The molecular weight excluding hydrogens is 254 g/mol. The minimum absolute atomic E-state index is 0.0686. The van der Waals surface area contributed by atoms with Crippen LogP contribution in [0.5, 0.6) is 0 Å². The van der Waals surface area contributed by atoms with E-state index in [9.17, 15) is 8.78 Å². The molecule has 102 valence electrons. The fourth-order valence-electron chi connectivity index (χ4n) is 1.45.